The molecule has 0 saturated heterocycles. The largest absolute Gasteiger partial charge is 0.350 e. The van der Waals surface area contributed by atoms with E-state index in [1.54, 1.807) is 23.7 Å². The highest BCUT2D eigenvalue weighted by molar-refractivity contribution is 7.18. The number of aromatic nitrogens is 3. The van der Waals surface area contributed by atoms with Crippen LogP contribution in [0.2, 0.25) is 0 Å². The Kier molecular flexibility index (Phi) is 4.55. The number of H-pyrrole nitrogens is 1. The molecule has 3 aromatic heterocycles. The molecule has 134 valence electrons. The summed E-state index contributed by atoms with van der Waals surface area (Å²) in [5, 5.41) is 3.72. The highest BCUT2D eigenvalue weighted by Crippen LogP contribution is 2.34. The van der Waals surface area contributed by atoms with Gasteiger partial charge in [0, 0.05) is 30.1 Å². The zero-order chi connectivity index (χ0) is 18.1. The molecule has 3 heterocycles. The Morgan fingerprint density at radius 3 is 2.96 bits per heavy atom. The standard InChI is InChI=1S/C19H20N4O2S/c1-11(12-7-9-20-10-8-12)21-16(24)6-5-15-22-18(25)17-13-3-2-4-14(13)26-19(17)23-15/h7-11H,2-6H2,1H3,(H,21,24)(H,22,23,25). The number of pyridine rings is 1. The number of rotatable bonds is 5. The molecule has 0 aromatic carbocycles. The van der Waals surface area contributed by atoms with Gasteiger partial charge in [0.15, 0.2) is 0 Å². The minimum absolute atomic E-state index is 0.0641. The number of nitrogens with one attached hydrogen (secondary N) is 2. The number of thiophene rings is 1. The predicted molar refractivity (Wildman–Crippen MR) is 101 cm³/mol. The number of carbonyl (C=O) groups excluding carboxylic acids is 1. The lowest BCUT2D eigenvalue weighted by Gasteiger charge is -2.13. The Morgan fingerprint density at radius 1 is 1.35 bits per heavy atom. The quantitative estimate of drug-likeness (QED) is 0.725. The first-order chi connectivity index (χ1) is 12.6. The van der Waals surface area contributed by atoms with Gasteiger partial charge >= 0.3 is 0 Å². The molecule has 26 heavy (non-hydrogen) atoms. The van der Waals surface area contributed by atoms with E-state index in [9.17, 15) is 9.59 Å². The lowest BCUT2D eigenvalue weighted by molar-refractivity contribution is -0.121. The van der Waals surface area contributed by atoms with Gasteiger partial charge in [-0.15, -0.1) is 11.3 Å². The van der Waals surface area contributed by atoms with Crippen molar-refractivity contribution >= 4 is 27.5 Å². The fourth-order valence-corrected chi connectivity index (χ4v) is 4.73. The normalized spacial score (nSPS) is 14.3. The molecular weight excluding hydrogens is 348 g/mol. The minimum atomic E-state index is -0.0831. The summed E-state index contributed by atoms with van der Waals surface area (Å²) in [6.07, 6.45) is 7.25. The molecule has 0 fully saturated rings. The van der Waals surface area contributed by atoms with Crippen molar-refractivity contribution in [3.05, 3.63) is 56.7 Å². The Morgan fingerprint density at radius 2 is 2.15 bits per heavy atom. The van der Waals surface area contributed by atoms with Crippen molar-refractivity contribution in [3.8, 4) is 0 Å². The van der Waals surface area contributed by atoms with E-state index in [0.29, 0.717) is 12.2 Å². The van der Waals surface area contributed by atoms with E-state index in [4.69, 9.17) is 0 Å². The summed E-state index contributed by atoms with van der Waals surface area (Å²) in [6, 6.07) is 3.68. The average molecular weight is 368 g/mol. The van der Waals surface area contributed by atoms with Crippen molar-refractivity contribution < 1.29 is 4.79 Å². The van der Waals surface area contributed by atoms with E-state index in [-0.39, 0.29) is 23.9 Å². The highest BCUT2D eigenvalue weighted by Gasteiger charge is 2.21. The zero-order valence-electron chi connectivity index (χ0n) is 14.5. The van der Waals surface area contributed by atoms with Crippen LogP contribution in [0, 0.1) is 0 Å². The maximum Gasteiger partial charge on any atom is 0.259 e. The van der Waals surface area contributed by atoms with Gasteiger partial charge in [0.25, 0.3) is 5.56 Å². The van der Waals surface area contributed by atoms with Crippen LogP contribution in [-0.2, 0) is 24.1 Å². The van der Waals surface area contributed by atoms with E-state index in [2.05, 4.69) is 20.3 Å². The van der Waals surface area contributed by atoms with Crippen LogP contribution < -0.4 is 10.9 Å². The summed E-state index contributed by atoms with van der Waals surface area (Å²) >= 11 is 1.62. The van der Waals surface area contributed by atoms with E-state index in [0.717, 1.165) is 35.0 Å². The number of hydrogen-bond donors (Lipinski definition) is 2. The third-order valence-electron chi connectivity index (χ3n) is 4.80. The number of aromatic amines is 1. The number of amides is 1. The van der Waals surface area contributed by atoms with Gasteiger partial charge in [0.1, 0.15) is 10.7 Å². The van der Waals surface area contributed by atoms with Crippen molar-refractivity contribution in [1.82, 2.24) is 20.3 Å². The Hall–Kier alpha value is -2.54. The molecule has 1 amide bonds. The molecule has 0 spiro atoms. The average Bonchev–Trinajstić information content (AvgIpc) is 3.21. The molecule has 1 atom stereocenters. The van der Waals surface area contributed by atoms with Crippen LogP contribution in [-0.4, -0.2) is 20.9 Å². The second-order valence-electron chi connectivity index (χ2n) is 6.62. The van der Waals surface area contributed by atoms with Crippen molar-refractivity contribution in [2.24, 2.45) is 0 Å². The molecule has 1 unspecified atom stereocenters. The molecule has 3 aromatic rings. The molecule has 1 aliphatic carbocycles. The van der Waals surface area contributed by atoms with Crippen molar-refractivity contribution in [2.75, 3.05) is 0 Å². The first kappa shape index (κ1) is 16.9. The van der Waals surface area contributed by atoms with Crippen LogP contribution in [0.1, 0.15) is 47.6 Å². The van der Waals surface area contributed by atoms with Gasteiger partial charge in [-0.3, -0.25) is 14.6 Å². The van der Waals surface area contributed by atoms with Crippen LogP contribution >= 0.6 is 11.3 Å². The third kappa shape index (κ3) is 3.26. The van der Waals surface area contributed by atoms with E-state index >= 15 is 0 Å². The topological polar surface area (TPSA) is 87.7 Å². The first-order valence-corrected chi connectivity index (χ1v) is 9.66. The fourth-order valence-electron chi connectivity index (χ4n) is 3.45. The summed E-state index contributed by atoms with van der Waals surface area (Å²) in [4.78, 5) is 38.2. The summed E-state index contributed by atoms with van der Waals surface area (Å²) in [5.74, 6) is 0.514. The van der Waals surface area contributed by atoms with E-state index in [1.165, 1.54) is 10.4 Å². The summed E-state index contributed by atoms with van der Waals surface area (Å²) < 4.78 is 0. The zero-order valence-corrected chi connectivity index (χ0v) is 15.4. The number of nitrogens with zero attached hydrogens (tertiary/aromatic N) is 2. The summed E-state index contributed by atoms with van der Waals surface area (Å²) in [5.41, 5.74) is 2.11. The van der Waals surface area contributed by atoms with Crippen molar-refractivity contribution in [2.45, 2.75) is 45.1 Å². The van der Waals surface area contributed by atoms with Crippen LogP contribution in [0.15, 0.2) is 29.3 Å². The van der Waals surface area contributed by atoms with Crippen molar-refractivity contribution in [1.29, 1.82) is 0 Å². The lowest BCUT2D eigenvalue weighted by Crippen LogP contribution is -2.27. The molecule has 0 saturated carbocycles. The number of hydrogen-bond acceptors (Lipinski definition) is 5. The van der Waals surface area contributed by atoms with Gasteiger partial charge in [0.2, 0.25) is 5.91 Å². The molecule has 0 aliphatic heterocycles. The van der Waals surface area contributed by atoms with Gasteiger partial charge in [0.05, 0.1) is 11.4 Å². The van der Waals surface area contributed by atoms with Gasteiger partial charge in [-0.2, -0.15) is 0 Å². The lowest BCUT2D eigenvalue weighted by atomic mass is 10.1. The molecule has 0 bridgehead atoms. The van der Waals surface area contributed by atoms with Crippen molar-refractivity contribution in [3.63, 3.8) is 0 Å². The third-order valence-corrected chi connectivity index (χ3v) is 5.98. The summed E-state index contributed by atoms with van der Waals surface area (Å²) in [7, 11) is 0. The number of aryl methyl sites for hydroxylation is 3. The Labute approximate surface area is 154 Å². The second-order valence-corrected chi connectivity index (χ2v) is 7.70. The van der Waals surface area contributed by atoms with Gasteiger partial charge in [-0.05, 0) is 49.4 Å². The van der Waals surface area contributed by atoms with Gasteiger partial charge in [-0.1, -0.05) is 0 Å². The first-order valence-electron chi connectivity index (χ1n) is 8.84. The van der Waals surface area contributed by atoms with Crippen LogP contribution in [0.5, 0.6) is 0 Å². The van der Waals surface area contributed by atoms with E-state index in [1.807, 2.05) is 19.1 Å². The maximum absolute atomic E-state index is 12.4. The minimum Gasteiger partial charge on any atom is -0.350 e. The molecular formula is C19H20N4O2S. The molecule has 1 aliphatic rings. The molecule has 7 heteroatoms. The molecule has 4 rings (SSSR count). The molecule has 6 nitrogen and oxygen atoms in total. The number of carbonyl (C=O) groups is 1. The smallest absolute Gasteiger partial charge is 0.259 e. The molecule has 2 N–H and O–H groups in total. The maximum atomic E-state index is 12.4. The second kappa shape index (κ2) is 6.99. The monoisotopic (exact) mass is 368 g/mol. The van der Waals surface area contributed by atoms with Crippen LogP contribution in [0.4, 0.5) is 0 Å². The Bertz CT molecular complexity index is 1010. The van der Waals surface area contributed by atoms with Gasteiger partial charge in [-0.25, -0.2) is 4.98 Å². The van der Waals surface area contributed by atoms with E-state index < -0.39 is 0 Å². The summed E-state index contributed by atoms with van der Waals surface area (Å²) in [6.45, 7) is 1.94. The SMILES string of the molecule is CC(NC(=O)CCc1nc2sc3c(c2c(=O)[nH]1)CCC3)c1ccncc1. The molecule has 0 radical (unpaired) electrons. The fraction of sp³-hybridized carbons (Fsp3) is 0.368. The highest BCUT2D eigenvalue weighted by atomic mass is 32.1. The number of fused-ring (bicyclic) bond motifs is 3. The van der Waals surface area contributed by atoms with Crippen LogP contribution in [0.3, 0.4) is 0 Å². The predicted octanol–water partition coefficient (Wildman–Crippen LogP) is 2.68. The Balaban J connectivity index is 1.43. The van der Waals surface area contributed by atoms with Gasteiger partial charge < -0.3 is 10.3 Å². The van der Waals surface area contributed by atoms with Crippen LogP contribution in [0.25, 0.3) is 10.2 Å².